The largest absolute Gasteiger partial charge is 1.00 e. The molecule has 12 heavy (non-hydrogen) atoms. The van der Waals surface area contributed by atoms with Gasteiger partial charge in [0.15, 0.2) is 12.3 Å². The summed E-state index contributed by atoms with van der Waals surface area (Å²) in [4.78, 5) is 8.00. The first-order valence-corrected chi connectivity index (χ1v) is 3.08. The van der Waals surface area contributed by atoms with Gasteiger partial charge in [-0.15, -0.1) is 0 Å². The molecule has 0 bridgehead atoms. The molecule has 0 amide bonds. The standard InChI is InChI=1S/C4H9.CH2O.Na.H2O2S.H2O2/c1-4(2)3;1-2;;1-3-2;1-2/h1-3H3;1H2;;1-2H;1-2H/q-1;;+1;;. The number of hydrogen-bond donors (Lipinski definition) is 4. The predicted molar refractivity (Wildman–Crippen MR) is 45.5 cm³/mol. The quantitative estimate of drug-likeness (QED) is 0.136. The van der Waals surface area contributed by atoms with Gasteiger partial charge in [0.2, 0.25) is 0 Å². The van der Waals surface area contributed by atoms with Gasteiger partial charge in [-0.05, 0) is 0 Å². The number of carbonyl (C=O) groups excluding carboxylic acids is 1. The molecule has 0 atom stereocenters. The summed E-state index contributed by atoms with van der Waals surface area (Å²) >= 11 is -0.250. The van der Waals surface area contributed by atoms with Gasteiger partial charge < -0.3 is 19.8 Å². The Bertz CT molecular complexity index is 38.3. The van der Waals surface area contributed by atoms with Crippen molar-refractivity contribution in [3.63, 3.8) is 0 Å². The van der Waals surface area contributed by atoms with Crippen LogP contribution < -0.4 is 29.6 Å². The molecular weight excluding hydrogens is 195 g/mol. The van der Waals surface area contributed by atoms with E-state index in [-0.39, 0.29) is 41.9 Å². The zero-order valence-electron chi connectivity index (χ0n) is 7.81. The van der Waals surface area contributed by atoms with E-state index in [0.717, 1.165) is 0 Å². The van der Waals surface area contributed by atoms with Crippen LogP contribution in [0.1, 0.15) is 20.8 Å². The smallest absolute Gasteiger partial charge is 0.323 e. The van der Waals surface area contributed by atoms with Crippen LogP contribution in [-0.4, -0.2) is 26.4 Å². The second-order valence-corrected chi connectivity index (χ2v) is 1.74. The van der Waals surface area contributed by atoms with Crippen LogP contribution in [0.15, 0.2) is 0 Å². The molecule has 0 unspecified atom stereocenters. The van der Waals surface area contributed by atoms with E-state index in [2.05, 4.69) is 20.8 Å². The molecule has 0 rings (SSSR count). The van der Waals surface area contributed by atoms with Crippen LogP contribution in [0.3, 0.4) is 0 Å². The number of hydrogen-bond acceptors (Lipinski definition) is 6. The molecule has 72 valence electrons. The van der Waals surface area contributed by atoms with Crippen LogP contribution in [0.2, 0.25) is 0 Å². The maximum absolute atomic E-state index is 8.00. The fraction of sp³-hybridized carbons (Fsp3) is 0.600. The minimum atomic E-state index is -0.250. The van der Waals surface area contributed by atoms with Crippen LogP contribution in [0.5, 0.6) is 0 Å². The minimum Gasteiger partial charge on any atom is -0.323 e. The van der Waals surface area contributed by atoms with Gasteiger partial charge in [-0.3, -0.25) is 10.5 Å². The molecule has 7 heteroatoms. The van der Waals surface area contributed by atoms with Gasteiger partial charge in [0.1, 0.15) is 6.79 Å². The predicted octanol–water partition coefficient (Wildman–Crippen LogP) is -0.877. The Labute approximate surface area is 99.4 Å². The summed E-state index contributed by atoms with van der Waals surface area (Å²) in [7, 11) is 0. The van der Waals surface area contributed by atoms with Gasteiger partial charge in [0.05, 0.1) is 0 Å². The molecular formula is C5H15NaO5S. The molecule has 0 heterocycles. The van der Waals surface area contributed by atoms with E-state index in [1.165, 1.54) is 5.92 Å². The summed E-state index contributed by atoms with van der Waals surface area (Å²) in [5.41, 5.74) is 0. The average molecular weight is 210 g/mol. The maximum atomic E-state index is 8.00. The molecule has 0 aliphatic carbocycles. The number of rotatable bonds is 0. The Morgan fingerprint density at radius 2 is 1.08 bits per heavy atom. The fourth-order valence-corrected chi connectivity index (χ4v) is 0. The third kappa shape index (κ3) is 1430. The van der Waals surface area contributed by atoms with Gasteiger partial charge >= 0.3 is 29.6 Å². The Balaban J connectivity index is -0.0000000186. The van der Waals surface area contributed by atoms with E-state index in [9.17, 15) is 0 Å². The molecule has 0 radical (unpaired) electrons. The van der Waals surface area contributed by atoms with Crippen LogP contribution in [-0.2, 0) is 4.79 Å². The second kappa shape index (κ2) is 59.2. The van der Waals surface area contributed by atoms with Crippen molar-refractivity contribution in [2.45, 2.75) is 20.8 Å². The Kier molecular flexibility index (Phi) is 144. The van der Waals surface area contributed by atoms with Gasteiger partial charge in [0, 0.05) is 0 Å². The zero-order valence-corrected chi connectivity index (χ0v) is 10.6. The average Bonchev–Trinajstić information content (AvgIpc) is 1.96. The van der Waals surface area contributed by atoms with Gasteiger partial charge in [-0.25, -0.2) is 0 Å². The Hall–Kier alpha value is 0.860. The first-order chi connectivity index (χ1) is 5.15. The van der Waals surface area contributed by atoms with Crippen LogP contribution >= 0.6 is 12.3 Å². The molecule has 0 aromatic carbocycles. The maximum Gasteiger partial charge on any atom is 1.00 e. The third-order valence-corrected chi connectivity index (χ3v) is 0. The first-order valence-electron chi connectivity index (χ1n) is 2.35. The minimum absolute atomic E-state index is 0. The zero-order chi connectivity index (χ0) is 10.3. The number of carbonyl (C=O) groups is 1. The Morgan fingerprint density at radius 1 is 1.08 bits per heavy atom. The molecule has 0 fully saturated rings. The molecule has 0 aromatic rings. The van der Waals surface area contributed by atoms with Crippen molar-refractivity contribution < 1.29 is 54.0 Å². The van der Waals surface area contributed by atoms with E-state index in [4.69, 9.17) is 24.4 Å². The third-order valence-electron chi connectivity index (χ3n) is 0. The summed E-state index contributed by atoms with van der Waals surface area (Å²) in [5, 5.41) is 12.0. The summed E-state index contributed by atoms with van der Waals surface area (Å²) < 4.78 is 14.1. The van der Waals surface area contributed by atoms with Crippen molar-refractivity contribution in [2.24, 2.45) is 0 Å². The van der Waals surface area contributed by atoms with Crippen LogP contribution in [0.4, 0.5) is 0 Å². The topological polar surface area (TPSA) is 98.0 Å². The fourth-order valence-electron chi connectivity index (χ4n) is 0. The summed E-state index contributed by atoms with van der Waals surface area (Å²) in [6.45, 7) is 8.25. The molecule has 0 aliphatic rings. The van der Waals surface area contributed by atoms with Crippen molar-refractivity contribution in [2.75, 3.05) is 0 Å². The van der Waals surface area contributed by atoms with E-state index >= 15 is 0 Å². The molecule has 5 nitrogen and oxygen atoms in total. The van der Waals surface area contributed by atoms with Crippen LogP contribution in [0.25, 0.3) is 0 Å². The molecule has 0 saturated carbocycles. The van der Waals surface area contributed by atoms with E-state index in [1.807, 2.05) is 6.79 Å². The van der Waals surface area contributed by atoms with Crippen molar-refractivity contribution in [1.29, 1.82) is 0 Å². The van der Waals surface area contributed by atoms with E-state index < -0.39 is 0 Å². The second-order valence-electron chi connectivity index (χ2n) is 1.58. The van der Waals surface area contributed by atoms with Crippen molar-refractivity contribution in [3.8, 4) is 0 Å². The van der Waals surface area contributed by atoms with Crippen molar-refractivity contribution in [3.05, 3.63) is 5.92 Å². The van der Waals surface area contributed by atoms with E-state index in [0.29, 0.717) is 0 Å². The van der Waals surface area contributed by atoms with Crippen molar-refractivity contribution in [1.82, 2.24) is 0 Å². The SMILES string of the molecule is C=O.C[C-](C)C.OO.OSO.[Na+]. The van der Waals surface area contributed by atoms with Crippen molar-refractivity contribution >= 4 is 19.1 Å². The molecule has 0 spiro atoms. The molecule has 0 aromatic heterocycles. The summed E-state index contributed by atoms with van der Waals surface area (Å²) in [6.07, 6.45) is 0. The van der Waals surface area contributed by atoms with Gasteiger partial charge in [0.25, 0.3) is 0 Å². The molecule has 0 saturated heterocycles. The first kappa shape index (κ1) is 29.3. The summed E-state index contributed by atoms with van der Waals surface area (Å²) in [6, 6.07) is 0. The van der Waals surface area contributed by atoms with Gasteiger partial charge in [-0.2, -0.15) is 20.8 Å². The monoisotopic (exact) mass is 210 g/mol. The van der Waals surface area contributed by atoms with Crippen LogP contribution in [0, 0.1) is 5.92 Å². The Morgan fingerprint density at radius 3 is 1.08 bits per heavy atom. The van der Waals surface area contributed by atoms with E-state index in [1.54, 1.807) is 0 Å². The summed E-state index contributed by atoms with van der Waals surface area (Å²) in [5.74, 6) is 1.42. The molecule has 0 aliphatic heterocycles. The van der Waals surface area contributed by atoms with Gasteiger partial charge in [-0.1, -0.05) is 0 Å². The molecule has 4 N–H and O–H groups in total. The normalized spacial score (nSPS) is 5.33.